The van der Waals surface area contributed by atoms with E-state index in [0.717, 1.165) is 31.9 Å². The highest BCUT2D eigenvalue weighted by molar-refractivity contribution is 7.09. The van der Waals surface area contributed by atoms with Gasteiger partial charge < -0.3 is 4.90 Å². The van der Waals surface area contributed by atoms with Crippen molar-refractivity contribution in [1.82, 2.24) is 4.90 Å². The van der Waals surface area contributed by atoms with Crippen molar-refractivity contribution in [3.8, 4) is 0 Å². The lowest BCUT2D eigenvalue weighted by molar-refractivity contribution is -0.120. The van der Waals surface area contributed by atoms with Crippen LogP contribution >= 0.6 is 11.3 Å². The Balaban J connectivity index is 1.45. The third kappa shape index (κ3) is 2.39. The summed E-state index contributed by atoms with van der Waals surface area (Å²) in [6, 6.07) is 14.3. The molecular weight excluding hydrogens is 280 g/mol. The van der Waals surface area contributed by atoms with Crippen molar-refractivity contribution in [2.45, 2.75) is 6.54 Å². The highest BCUT2D eigenvalue weighted by Crippen LogP contribution is 2.35. The molecule has 2 aliphatic rings. The number of likely N-dealkylation sites (tertiary alicyclic amines) is 1. The van der Waals surface area contributed by atoms with E-state index in [1.54, 1.807) is 11.3 Å². The summed E-state index contributed by atoms with van der Waals surface area (Å²) >= 11 is 1.80. The Kier molecular flexibility index (Phi) is 3.28. The molecule has 2 fully saturated rings. The van der Waals surface area contributed by atoms with E-state index >= 15 is 0 Å². The quantitative estimate of drug-likeness (QED) is 0.870. The Morgan fingerprint density at radius 2 is 1.90 bits per heavy atom. The first-order chi connectivity index (χ1) is 10.3. The zero-order valence-corrected chi connectivity index (χ0v) is 12.6. The molecule has 3 nitrogen and oxygen atoms in total. The summed E-state index contributed by atoms with van der Waals surface area (Å²) in [4.78, 5) is 18.4. The van der Waals surface area contributed by atoms with E-state index in [0.29, 0.717) is 11.8 Å². The first-order valence-corrected chi connectivity index (χ1v) is 8.30. The maximum absolute atomic E-state index is 12.6. The summed E-state index contributed by atoms with van der Waals surface area (Å²) in [6.45, 7) is 3.81. The number of anilines is 1. The van der Waals surface area contributed by atoms with Crippen molar-refractivity contribution in [2.24, 2.45) is 11.8 Å². The molecular formula is C17H18N2OS. The standard InChI is InChI=1S/C17H18N2OS/c20-17-16-12-18(11-15-7-4-8-21-15)9-13(16)10-19(17)14-5-2-1-3-6-14/h1-8,13,16H,9-12H2. The zero-order valence-electron chi connectivity index (χ0n) is 11.8. The lowest BCUT2D eigenvalue weighted by Gasteiger charge is -2.21. The molecule has 21 heavy (non-hydrogen) atoms. The van der Waals surface area contributed by atoms with Crippen LogP contribution in [0.25, 0.3) is 0 Å². The highest BCUT2D eigenvalue weighted by Gasteiger charge is 2.46. The smallest absolute Gasteiger partial charge is 0.231 e. The van der Waals surface area contributed by atoms with Gasteiger partial charge in [0.05, 0.1) is 5.92 Å². The molecule has 2 aromatic rings. The van der Waals surface area contributed by atoms with Crippen LogP contribution in [-0.2, 0) is 11.3 Å². The Morgan fingerprint density at radius 1 is 1.05 bits per heavy atom. The second-order valence-corrected chi connectivity index (χ2v) is 6.96. The van der Waals surface area contributed by atoms with Gasteiger partial charge in [0.1, 0.15) is 0 Å². The number of benzene rings is 1. The van der Waals surface area contributed by atoms with Crippen molar-refractivity contribution in [2.75, 3.05) is 24.5 Å². The van der Waals surface area contributed by atoms with Gasteiger partial charge in [-0.2, -0.15) is 0 Å². The van der Waals surface area contributed by atoms with E-state index in [4.69, 9.17) is 0 Å². The number of hydrogen-bond donors (Lipinski definition) is 0. The molecule has 4 rings (SSSR count). The van der Waals surface area contributed by atoms with Gasteiger partial charge in [0.2, 0.25) is 5.91 Å². The Labute approximate surface area is 128 Å². The molecule has 3 heterocycles. The van der Waals surface area contributed by atoms with Gasteiger partial charge in [-0.1, -0.05) is 24.3 Å². The summed E-state index contributed by atoms with van der Waals surface area (Å²) < 4.78 is 0. The third-order valence-corrected chi connectivity index (χ3v) is 5.41. The zero-order chi connectivity index (χ0) is 14.2. The van der Waals surface area contributed by atoms with Crippen molar-refractivity contribution < 1.29 is 4.79 Å². The number of carbonyl (C=O) groups is 1. The molecule has 1 aromatic heterocycles. The molecule has 0 bridgehead atoms. The minimum absolute atomic E-state index is 0.185. The second kappa shape index (κ2) is 5.28. The summed E-state index contributed by atoms with van der Waals surface area (Å²) in [5.41, 5.74) is 1.04. The van der Waals surface area contributed by atoms with Gasteiger partial charge in [-0.05, 0) is 23.6 Å². The molecule has 0 spiro atoms. The normalized spacial score (nSPS) is 25.5. The molecule has 2 atom stereocenters. The number of thiophene rings is 1. The SMILES string of the molecule is O=C1C2CN(Cc3cccs3)CC2CN1c1ccccc1. The van der Waals surface area contributed by atoms with E-state index in [-0.39, 0.29) is 5.92 Å². The lowest BCUT2D eigenvalue weighted by atomic mass is 10.0. The van der Waals surface area contributed by atoms with Crippen LogP contribution in [0.1, 0.15) is 4.88 Å². The molecule has 2 unspecified atom stereocenters. The van der Waals surface area contributed by atoms with Crippen LogP contribution in [0.2, 0.25) is 0 Å². The number of amides is 1. The van der Waals surface area contributed by atoms with Gasteiger partial charge >= 0.3 is 0 Å². The van der Waals surface area contributed by atoms with E-state index < -0.39 is 0 Å². The summed E-state index contributed by atoms with van der Waals surface area (Å²) in [7, 11) is 0. The monoisotopic (exact) mass is 298 g/mol. The van der Waals surface area contributed by atoms with Gasteiger partial charge in [0.15, 0.2) is 0 Å². The fraction of sp³-hybridized carbons (Fsp3) is 0.353. The molecule has 1 amide bonds. The molecule has 108 valence electrons. The van der Waals surface area contributed by atoms with Crippen molar-refractivity contribution in [1.29, 1.82) is 0 Å². The molecule has 2 saturated heterocycles. The van der Waals surface area contributed by atoms with Crippen molar-refractivity contribution in [3.05, 3.63) is 52.7 Å². The van der Waals surface area contributed by atoms with Gasteiger partial charge in [0, 0.05) is 42.7 Å². The minimum atomic E-state index is 0.185. The van der Waals surface area contributed by atoms with E-state index in [1.165, 1.54) is 4.88 Å². The van der Waals surface area contributed by atoms with Crippen LogP contribution in [0.15, 0.2) is 47.8 Å². The van der Waals surface area contributed by atoms with Gasteiger partial charge in [-0.25, -0.2) is 0 Å². The second-order valence-electron chi connectivity index (χ2n) is 5.92. The molecule has 2 aliphatic heterocycles. The van der Waals surface area contributed by atoms with Crippen molar-refractivity contribution in [3.63, 3.8) is 0 Å². The van der Waals surface area contributed by atoms with Crippen LogP contribution in [0.3, 0.4) is 0 Å². The highest BCUT2D eigenvalue weighted by atomic mass is 32.1. The number of fused-ring (bicyclic) bond motifs is 1. The van der Waals surface area contributed by atoms with E-state index in [1.807, 2.05) is 35.2 Å². The predicted octanol–water partition coefficient (Wildman–Crippen LogP) is 2.84. The van der Waals surface area contributed by atoms with Crippen molar-refractivity contribution >= 4 is 22.9 Å². The maximum Gasteiger partial charge on any atom is 0.231 e. The van der Waals surface area contributed by atoms with Gasteiger partial charge in [-0.15, -0.1) is 11.3 Å². The Hall–Kier alpha value is -1.65. The summed E-state index contributed by atoms with van der Waals surface area (Å²) in [6.07, 6.45) is 0. The molecule has 4 heteroatoms. The van der Waals surface area contributed by atoms with Gasteiger partial charge in [-0.3, -0.25) is 9.69 Å². The van der Waals surface area contributed by atoms with E-state index in [9.17, 15) is 4.79 Å². The number of hydrogen-bond acceptors (Lipinski definition) is 3. The maximum atomic E-state index is 12.6. The summed E-state index contributed by atoms with van der Waals surface area (Å²) in [5.74, 6) is 0.975. The molecule has 0 N–H and O–H groups in total. The fourth-order valence-corrected chi connectivity index (χ4v) is 4.29. The van der Waals surface area contributed by atoms with Crippen LogP contribution in [0.4, 0.5) is 5.69 Å². The fourth-order valence-electron chi connectivity index (χ4n) is 3.54. The van der Waals surface area contributed by atoms with Crippen LogP contribution < -0.4 is 4.90 Å². The first kappa shape index (κ1) is 13.0. The van der Waals surface area contributed by atoms with E-state index in [2.05, 4.69) is 22.4 Å². The number of rotatable bonds is 3. The lowest BCUT2D eigenvalue weighted by Crippen LogP contribution is -2.32. The third-order valence-electron chi connectivity index (χ3n) is 4.54. The Bertz CT molecular complexity index is 626. The van der Waals surface area contributed by atoms with Gasteiger partial charge in [0.25, 0.3) is 0 Å². The molecule has 0 radical (unpaired) electrons. The number of nitrogens with zero attached hydrogens (tertiary/aromatic N) is 2. The Morgan fingerprint density at radius 3 is 2.62 bits per heavy atom. The van der Waals surface area contributed by atoms with Crippen LogP contribution in [0, 0.1) is 11.8 Å². The average Bonchev–Trinajstić information content (AvgIpc) is 3.20. The number of carbonyl (C=O) groups excluding carboxylic acids is 1. The molecule has 0 aliphatic carbocycles. The predicted molar refractivity (Wildman–Crippen MR) is 85.4 cm³/mol. The topological polar surface area (TPSA) is 23.6 Å². The van der Waals surface area contributed by atoms with Crippen LogP contribution in [-0.4, -0.2) is 30.4 Å². The minimum Gasteiger partial charge on any atom is -0.312 e. The summed E-state index contributed by atoms with van der Waals surface area (Å²) in [5, 5.41) is 2.12. The average molecular weight is 298 g/mol. The van der Waals surface area contributed by atoms with Crippen LogP contribution in [0.5, 0.6) is 0 Å². The molecule has 1 aromatic carbocycles. The first-order valence-electron chi connectivity index (χ1n) is 7.42. The largest absolute Gasteiger partial charge is 0.312 e. The number of para-hydroxylation sites is 1. The molecule has 0 saturated carbocycles.